The Bertz CT molecular complexity index is 446. The van der Waals surface area contributed by atoms with Gasteiger partial charge in [0.25, 0.3) is 0 Å². The normalized spacial score (nSPS) is 13.5. The Morgan fingerprint density at radius 2 is 2.22 bits per heavy atom. The van der Waals surface area contributed by atoms with E-state index in [1.807, 2.05) is 26.0 Å². The highest BCUT2D eigenvalue weighted by Crippen LogP contribution is 2.20. The van der Waals surface area contributed by atoms with E-state index in [1.54, 1.807) is 6.92 Å². The smallest absolute Gasteiger partial charge is 0.333 e. The van der Waals surface area contributed by atoms with Gasteiger partial charge in [0, 0.05) is 23.7 Å². The van der Waals surface area contributed by atoms with Crippen LogP contribution in [0.2, 0.25) is 0 Å². The van der Waals surface area contributed by atoms with Crippen LogP contribution < -0.4 is 5.32 Å². The zero-order valence-electron chi connectivity index (χ0n) is 11.7. The number of methoxy groups -OCH3 is 1. The lowest BCUT2D eigenvalue weighted by Crippen LogP contribution is -2.19. The third kappa shape index (κ3) is 3.74. The highest BCUT2D eigenvalue weighted by molar-refractivity contribution is 5.87. The van der Waals surface area contributed by atoms with Crippen molar-refractivity contribution in [2.75, 3.05) is 13.7 Å². The van der Waals surface area contributed by atoms with Crippen LogP contribution in [0.25, 0.3) is 0 Å². The summed E-state index contributed by atoms with van der Waals surface area (Å²) >= 11 is 0. The first kappa shape index (κ1) is 14.5. The molecular weight excluding hydrogens is 230 g/mol. The molecule has 0 aliphatic carbocycles. The van der Waals surface area contributed by atoms with Gasteiger partial charge in [0.15, 0.2) is 0 Å². The van der Waals surface area contributed by atoms with Gasteiger partial charge in [0.2, 0.25) is 0 Å². The van der Waals surface area contributed by atoms with E-state index >= 15 is 0 Å². The Balaban J connectivity index is 2.54. The monoisotopic (exact) mass is 251 g/mol. The van der Waals surface area contributed by atoms with Gasteiger partial charge in [-0.3, -0.25) is 0 Å². The van der Waals surface area contributed by atoms with Crippen molar-refractivity contribution in [3.05, 3.63) is 34.8 Å². The Morgan fingerprint density at radius 3 is 2.72 bits per heavy atom. The van der Waals surface area contributed by atoms with Crippen molar-refractivity contribution < 1.29 is 13.9 Å². The van der Waals surface area contributed by atoms with Crippen molar-refractivity contribution >= 4 is 5.97 Å². The van der Waals surface area contributed by atoms with Crippen LogP contribution in [-0.4, -0.2) is 19.6 Å². The molecule has 0 saturated carbocycles. The van der Waals surface area contributed by atoms with Gasteiger partial charge < -0.3 is 14.5 Å². The van der Waals surface area contributed by atoms with Crippen LogP contribution in [0.1, 0.15) is 37.0 Å². The molecular formula is C14H21NO3. The first-order valence-corrected chi connectivity index (χ1v) is 6.01. The molecule has 0 fully saturated rings. The summed E-state index contributed by atoms with van der Waals surface area (Å²) in [5.74, 6) is 1.55. The molecule has 0 aliphatic heterocycles. The number of aryl methyl sites for hydroxylation is 2. The molecule has 1 heterocycles. The molecule has 4 heteroatoms. The molecule has 0 bridgehead atoms. The van der Waals surface area contributed by atoms with Crippen molar-refractivity contribution in [1.82, 2.24) is 5.32 Å². The Hall–Kier alpha value is -1.55. The van der Waals surface area contributed by atoms with E-state index in [1.165, 1.54) is 7.11 Å². The van der Waals surface area contributed by atoms with Crippen LogP contribution in [0.4, 0.5) is 0 Å². The molecule has 1 N–H and O–H groups in total. The van der Waals surface area contributed by atoms with Gasteiger partial charge in [-0.1, -0.05) is 6.08 Å². The molecule has 1 aromatic heterocycles. The fraction of sp³-hybridized carbons (Fsp3) is 0.500. The first-order chi connectivity index (χ1) is 8.45. The predicted molar refractivity (Wildman–Crippen MR) is 70.4 cm³/mol. The molecule has 1 unspecified atom stereocenters. The number of nitrogens with one attached hydrogen (secondary N) is 1. The summed E-state index contributed by atoms with van der Waals surface area (Å²) in [5.41, 5.74) is 1.76. The lowest BCUT2D eigenvalue weighted by Gasteiger charge is -2.11. The third-order valence-corrected chi connectivity index (χ3v) is 2.89. The fourth-order valence-corrected chi connectivity index (χ4v) is 1.82. The molecule has 100 valence electrons. The minimum atomic E-state index is -0.292. The van der Waals surface area contributed by atoms with Crippen LogP contribution in [0.3, 0.4) is 0 Å². The minimum absolute atomic E-state index is 0.184. The summed E-state index contributed by atoms with van der Waals surface area (Å²) in [4.78, 5) is 11.2. The second-order valence-corrected chi connectivity index (χ2v) is 4.38. The predicted octanol–water partition coefficient (Wildman–Crippen LogP) is 2.67. The van der Waals surface area contributed by atoms with Crippen molar-refractivity contribution in [3.8, 4) is 0 Å². The Morgan fingerprint density at radius 1 is 1.56 bits per heavy atom. The SMILES string of the molecule is COC(=O)/C(C)=C/CNC(C)c1cc(C)oc1C. The van der Waals surface area contributed by atoms with Crippen molar-refractivity contribution in [1.29, 1.82) is 0 Å². The van der Waals surface area contributed by atoms with Crippen LogP contribution in [0, 0.1) is 13.8 Å². The van der Waals surface area contributed by atoms with Gasteiger partial charge in [-0.05, 0) is 33.8 Å². The third-order valence-electron chi connectivity index (χ3n) is 2.89. The number of esters is 1. The zero-order chi connectivity index (χ0) is 13.7. The van der Waals surface area contributed by atoms with Crippen molar-refractivity contribution in [2.45, 2.75) is 33.7 Å². The van der Waals surface area contributed by atoms with Gasteiger partial charge in [-0.25, -0.2) is 4.79 Å². The van der Waals surface area contributed by atoms with Crippen LogP contribution in [0.5, 0.6) is 0 Å². The Labute approximate surface area is 108 Å². The number of rotatable bonds is 5. The molecule has 0 amide bonds. The molecule has 1 atom stereocenters. The standard InChI is InChI=1S/C14H21NO3/c1-9(14(16)17-5)6-7-15-11(3)13-8-10(2)18-12(13)4/h6,8,11,15H,7H2,1-5H3/b9-6+. The van der Waals surface area contributed by atoms with Gasteiger partial charge >= 0.3 is 5.97 Å². The maximum atomic E-state index is 11.2. The van der Waals surface area contributed by atoms with E-state index in [2.05, 4.69) is 17.0 Å². The minimum Gasteiger partial charge on any atom is -0.466 e. The summed E-state index contributed by atoms with van der Waals surface area (Å²) in [6.07, 6.45) is 1.82. The second-order valence-electron chi connectivity index (χ2n) is 4.38. The molecule has 4 nitrogen and oxygen atoms in total. The van der Waals surface area contributed by atoms with E-state index in [0.717, 1.165) is 17.1 Å². The maximum Gasteiger partial charge on any atom is 0.333 e. The maximum absolute atomic E-state index is 11.2. The summed E-state index contributed by atoms with van der Waals surface area (Å²) in [5, 5.41) is 3.32. The van der Waals surface area contributed by atoms with E-state index in [4.69, 9.17) is 4.42 Å². The van der Waals surface area contributed by atoms with Crippen molar-refractivity contribution in [3.63, 3.8) is 0 Å². The zero-order valence-corrected chi connectivity index (χ0v) is 11.7. The number of carbonyl (C=O) groups is 1. The first-order valence-electron chi connectivity index (χ1n) is 6.01. The molecule has 0 aliphatic rings. The van der Waals surface area contributed by atoms with Gasteiger partial charge in [0.05, 0.1) is 7.11 Å². The largest absolute Gasteiger partial charge is 0.466 e. The van der Waals surface area contributed by atoms with E-state index in [-0.39, 0.29) is 12.0 Å². The van der Waals surface area contributed by atoms with E-state index in [9.17, 15) is 4.79 Å². The summed E-state index contributed by atoms with van der Waals surface area (Å²) < 4.78 is 10.1. The molecule has 0 radical (unpaired) electrons. The number of furan rings is 1. The molecule has 18 heavy (non-hydrogen) atoms. The van der Waals surface area contributed by atoms with E-state index in [0.29, 0.717) is 12.1 Å². The highest BCUT2D eigenvalue weighted by Gasteiger charge is 2.11. The van der Waals surface area contributed by atoms with Gasteiger partial charge in [-0.15, -0.1) is 0 Å². The summed E-state index contributed by atoms with van der Waals surface area (Å²) in [6.45, 7) is 8.32. The van der Waals surface area contributed by atoms with Crippen LogP contribution >= 0.6 is 0 Å². The van der Waals surface area contributed by atoms with Gasteiger partial charge in [0.1, 0.15) is 11.5 Å². The molecule has 0 saturated heterocycles. The highest BCUT2D eigenvalue weighted by atomic mass is 16.5. The number of hydrogen-bond acceptors (Lipinski definition) is 4. The summed E-state index contributed by atoms with van der Waals surface area (Å²) in [7, 11) is 1.38. The Kier molecular flexibility index (Phi) is 5.16. The molecule has 1 aromatic rings. The number of ether oxygens (including phenoxy) is 1. The number of hydrogen-bond donors (Lipinski definition) is 1. The van der Waals surface area contributed by atoms with Crippen LogP contribution in [0.15, 0.2) is 22.1 Å². The van der Waals surface area contributed by atoms with E-state index < -0.39 is 0 Å². The molecule has 0 aromatic carbocycles. The lowest BCUT2D eigenvalue weighted by molar-refractivity contribution is -0.136. The lowest BCUT2D eigenvalue weighted by atomic mass is 10.1. The van der Waals surface area contributed by atoms with Crippen LogP contribution in [-0.2, 0) is 9.53 Å². The average Bonchev–Trinajstić information content (AvgIpc) is 2.67. The van der Waals surface area contributed by atoms with Crippen molar-refractivity contribution in [2.24, 2.45) is 0 Å². The van der Waals surface area contributed by atoms with Gasteiger partial charge in [-0.2, -0.15) is 0 Å². The number of carbonyl (C=O) groups excluding carboxylic acids is 1. The topological polar surface area (TPSA) is 51.5 Å². The second kappa shape index (κ2) is 6.40. The summed E-state index contributed by atoms with van der Waals surface area (Å²) in [6, 6.07) is 2.22. The molecule has 1 rings (SSSR count). The quantitative estimate of drug-likeness (QED) is 0.645. The molecule has 0 spiro atoms. The average molecular weight is 251 g/mol. The fourth-order valence-electron chi connectivity index (χ4n) is 1.82.